The highest BCUT2D eigenvalue weighted by Gasteiger charge is 2.17. The predicted molar refractivity (Wildman–Crippen MR) is 254 cm³/mol. The number of aromatic carboxylic acids is 1. The van der Waals surface area contributed by atoms with E-state index in [-0.39, 0.29) is 23.1 Å². The summed E-state index contributed by atoms with van der Waals surface area (Å²) in [5.74, 6) is -0.807. The summed E-state index contributed by atoms with van der Waals surface area (Å²) in [6.07, 6.45) is 10.1. The van der Waals surface area contributed by atoms with Gasteiger partial charge in [-0.25, -0.2) is 23.5 Å². The minimum absolute atomic E-state index is 0.217. The zero-order valence-electron chi connectivity index (χ0n) is 35.7. The molecule has 67 heavy (non-hydrogen) atoms. The topological polar surface area (TPSA) is 200 Å². The molecule has 0 fully saturated rings. The molecule has 6 N–H and O–H groups in total. The lowest BCUT2D eigenvalue weighted by Gasteiger charge is -2.12. The Hall–Kier alpha value is -8.34. The third kappa shape index (κ3) is 13.4. The molecule has 0 bridgehead atoms. The van der Waals surface area contributed by atoms with Crippen LogP contribution in [0.3, 0.4) is 0 Å². The van der Waals surface area contributed by atoms with Crippen LogP contribution in [0.15, 0.2) is 159 Å². The number of carbonyl (C=O) groups excluding carboxylic acids is 1. The highest BCUT2D eigenvalue weighted by Crippen LogP contribution is 2.24. The maximum absolute atomic E-state index is 13.1. The van der Waals surface area contributed by atoms with Gasteiger partial charge >= 0.3 is 5.97 Å². The van der Waals surface area contributed by atoms with Crippen molar-refractivity contribution in [2.45, 2.75) is 25.9 Å². The number of nitrogens with two attached hydrogens (primary N) is 1. The van der Waals surface area contributed by atoms with Gasteiger partial charge in [0.15, 0.2) is 0 Å². The molecule has 8 rings (SSSR count). The Kier molecular flexibility index (Phi) is 16.2. The summed E-state index contributed by atoms with van der Waals surface area (Å²) < 4.78 is 29.6. The predicted octanol–water partition coefficient (Wildman–Crippen LogP) is 11.3. The number of nitrogens with zero attached hydrogens (tertiary/aromatic N) is 6. The molecule has 0 aliphatic carbocycles. The van der Waals surface area contributed by atoms with E-state index in [0.29, 0.717) is 44.2 Å². The van der Waals surface area contributed by atoms with Crippen molar-refractivity contribution in [2.24, 2.45) is 5.73 Å². The van der Waals surface area contributed by atoms with Crippen molar-refractivity contribution >= 4 is 58.1 Å². The summed E-state index contributed by atoms with van der Waals surface area (Å²) in [6, 6.07) is 35.2. The number of carboxylic acid groups (broad SMARTS) is 1. The van der Waals surface area contributed by atoms with Gasteiger partial charge < -0.3 is 35.9 Å². The molecule has 4 heterocycles. The van der Waals surface area contributed by atoms with Crippen molar-refractivity contribution in [1.29, 1.82) is 10.5 Å². The van der Waals surface area contributed by atoms with E-state index in [1.807, 2.05) is 36.6 Å². The summed E-state index contributed by atoms with van der Waals surface area (Å²) >= 11 is 11.7. The Bertz CT molecular complexity index is 3090. The number of rotatable bonds is 11. The molecular formula is C50H40Cl2F2N10O3. The van der Waals surface area contributed by atoms with E-state index >= 15 is 0 Å². The van der Waals surface area contributed by atoms with E-state index in [0.717, 1.165) is 28.1 Å². The lowest BCUT2D eigenvalue weighted by molar-refractivity contribution is 0.0696. The van der Waals surface area contributed by atoms with Gasteiger partial charge in [0, 0.05) is 70.7 Å². The fraction of sp³-hybridized carbons (Fsp3) is 0.0800. The van der Waals surface area contributed by atoms with E-state index in [1.54, 1.807) is 121 Å². The van der Waals surface area contributed by atoms with Crippen LogP contribution >= 0.6 is 23.2 Å². The molecule has 8 aromatic rings. The van der Waals surface area contributed by atoms with Gasteiger partial charge in [0.05, 0.1) is 34.6 Å². The first-order chi connectivity index (χ1) is 32.2. The van der Waals surface area contributed by atoms with Crippen LogP contribution in [0.5, 0.6) is 0 Å². The number of hydrogen-bond donors (Lipinski definition) is 5. The van der Waals surface area contributed by atoms with E-state index in [4.69, 9.17) is 39.3 Å². The zero-order valence-corrected chi connectivity index (χ0v) is 37.2. The van der Waals surface area contributed by atoms with E-state index in [9.17, 15) is 23.6 Å². The van der Waals surface area contributed by atoms with Crippen molar-refractivity contribution in [1.82, 2.24) is 24.4 Å². The lowest BCUT2D eigenvalue weighted by Crippen LogP contribution is -2.27. The summed E-state index contributed by atoms with van der Waals surface area (Å²) in [6.45, 7) is 3.80. The Labute approximate surface area is 394 Å². The fourth-order valence-corrected chi connectivity index (χ4v) is 6.70. The summed E-state index contributed by atoms with van der Waals surface area (Å²) in [7, 11) is 0. The summed E-state index contributed by atoms with van der Waals surface area (Å²) in [4.78, 5) is 32.4. The van der Waals surface area contributed by atoms with Crippen molar-refractivity contribution in [3.63, 3.8) is 0 Å². The molecule has 17 heteroatoms. The lowest BCUT2D eigenvalue weighted by atomic mass is 10.1. The van der Waals surface area contributed by atoms with Crippen LogP contribution in [0.1, 0.15) is 55.1 Å². The zero-order chi connectivity index (χ0) is 48.0. The maximum atomic E-state index is 13.1. The largest absolute Gasteiger partial charge is 0.478 e. The Morgan fingerprint density at radius 2 is 1.13 bits per heavy atom. The summed E-state index contributed by atoms with van der Waals surface area (Å²) in [5, 5.41) is 37.0. The molecule has 1 amide bonds. The standard InChI is InChI=1S/C25H19ClFN5O.C17H14FN3O2.C8H7ClN2/c1-16-14-29-24(30-21-7-5-20(27)6-8-21)12-23(16)32-10-9-18(15-32)25(33)31-22(13-28)17-3-2-4-19(26)11-17;1-11-9-19-16(20-14-4-2-13(18)3-5-14)8-15(11)21-7-6-12(10-21)17(22)23;9-7-3-1-2-6(4-7)8(11)5-10/h2-12,14-15,22H,1H3,(H,29,30)(H,31,33);2-10H,1H3,(H,19,20)(H,22,23);1-4,8H,11H2. The molecule has 0 saturated heterocycles. The van der Waals surface area contributed by atoms with Gasteiger partial charge in [0.25, 0.3) is 5.91 Å². The molecule has 0 saturated carbocycles. The highest BCUT2D eigenvalue weighted by atomic mass is 35.5. The first kappa shape index (κ1) is 48.1. The van der Waals surface area contributed by atoms with Crippen molar-refractivity contribution in [2.75, 3.05) is 10.6 Å². The quantitative estimate of drug-likeness (QED) is 0.0831. The number of carbonyl (C=O) groups is 2. The molecule has 2 atom stereocenters. The SMILES string of the molecule is Cc1cnc(Nc2ccc(F)cc2)cc1-n1ccc(C(=O)NC(C#N)c2cccc(Cl)c2)c1.Cc1cnc(Nc2ccc(F)cc2)cc1-n1ccc(C(=O)O)c1.N#CC(N)c1cccc(Cl)c1. The smallest absolute Gasteiger partial charge is 0.337 e. The number of hydrogen-bond acceptors (Lipinski definition) is 9. The molecule has 2 unspecified atom stereocenters. The first-order valence-electron chi connectivity index (χ1n) is 20.1. The highest BCUT2D eigenvalue weighted by molar-refractivity contribution is 6.30. The van der Waals surface area contributed by atoms with Gasteiger partial charge in [0.2, 0.25) is 0 Å². The van der Waals surface area contributed by atoms with Gasteiger partial charge in [0.1, 0.15) is 35.4 Å². The van der Waals surface area contributed by atoms with Gasteiger partial charge in [-0.3, -0.25) is 4.79 Å². The molecule has 0 aliphatic heterocycles. The third-order valence-electron chi connectivity index (χ3n) is 9.77. The van der Waals surface area contributed by atoms with Crippen LogP contribution in [0.25, 0.3) is 11.4 Å². The summed E-state index contributed by atoms with van der Waals surface area (Å²) in [5.41, 5.74) is 12.3. The molecule has 0 radical (unpaired) electrons. The number of halogens is 4. The van der Waals surface area contributed by atoms with Crippen LogP contribution in [-0.2, 0) is 0 Å². The molecule has 13 nitrogen and oxygen atoms in total. The van der Waals surface area contributed by atoms with E-state index in [1.165, 1.54) is 30.3 Å². The Balaban J connectivity index is 0.000000188. The number of aromatic nitrogens is 4. The number of aryl methyl sites for hydroxylation is 2. The number of amides is 1. The number of nitrogens with one attached hydrogen (secondary N) is 3. The molecule has 0 aliphatic rings. The molecule has 4 aromatic carbocycles. The van der Waals surface area contributed by atoms with Crippen molar-refractivity contribution in [3.05, 3.63) is 214 Å². The minimum Gasteiger partial charge on any atom is -0.478 e. The Morgan fingerprint density at radius 1 is 0.672 bits per heavy atom. The number of nitriles is 2. The van der Waals surface area contributed by atoms with Crippen LogP contribution < -0.4 is 21.7 Å². The van der Waals surface area contributed by atoms with Gasteiger partial charge in [-0.1, -0.05) is 47.5 Å². The normalized spacial score (nSPS) is 11.2. The van der Waals surface area contributed by atoms with E-state index < -0.39 is 18.1 Å². The average molecular weight is 938 g/mol. The Morgan fingerprint density at radius 3 is 1.58 bits per heavy atom. The second-order valence-corrected chi connectivity index (χ2v) is 15.5. The fourth-order valence-electron chi connectivity index (χ4n) is 6.30. The second kappa shape index (κ2) is 22.5. The van der Waals surface area contributed by atoms with Gasteiger partial charge in [-0.05, 0) is 121 Å². The second-order valence-electron chi connectivity index (χ2n) is 14.6. The third-order valence-corrected chi connectivity index (χ3v) is 10.2. The first-order valence-corrected chi connectivity index (χ1v) is 20.9. The number of benzene rings is 4. The van der Waals surface area contributed by atoms with Crippen molar-refractivity contribution in [3.8, 4) is 23.5 Å². The van der Waals surface area contributed by atoms with Gasteiger partial charge in [-0.2, -0.15) is 10.5 Å². The monoisotopic (exact) mass is 936 g/mol. The van der Waals surface area contributed by atoms with Crippen LogP contribution in [0.4, 0.5) is 31.8 Å². The molecule has 4 aromatic heterocycles. The van der Waals surface area contributed by atoms with Crippen LogP contribution in [0.2, 0.25) is 10.0 Å². The number of carboxylic acids is 1. The molecule has 0 spiro atoms. The van der Waals surface area contributed by atoms with E-state index in [2.05, 4.69) is 32.0 Å². The van der Waals surface area contributed by atoms with Crippen LogP contribution in [-0.4, -0.2) is 36.1 Å². The molecular weight excluding hydrogens is 898 g/mol. The molecule has 336 valence electrons. The maximum Gasteiger partial charge on any atom is 0.337 e. The van der Waals surface area contributed by atoms with Crippen LogP contribution in [0, 0.1) is 48.1 Å². The minimum atomic E-state index is -0.972. The average Bonchev–Trinajstić information content (AvgIpc) is 4.03. The van der Waals surface area contributed by atoms with Crippen molar-refractivity contribution < 1.29 is 23.5 Å². The van der Waals surface area contributed by atoms with Gasteiger partial charge in [-0.15, -0.1) is 0 Å². The number of anilines is 4. The number of pyridine rings is 2.